The summed E-state index contributed by atoms with van der Waals surface area (Å²) in [4.78, 5) is 33.4. The van der Waals surface area contributed by atoms with Gasteiger partial charge in [0, 0.05) is 49.3 Å². The standard InChI is InChI=1S/C34H39ClN4O2/c1-5-28(24-13-8-6-9-14-24)36-32(40)31-26-17-12-18-27(35)30(26)33(41)39(25-15-10-7-11-16-25)29(31)23-37-19-21-38(22-20-37)34(2,3)4/h6-18,28H,5,19-23H2,1-4H3,(H,36,40)/t28-/m0/s1. The van der Waals surface area contributed by atoms with E-state index in [9.17, 15) is 9.59 Å². The third kappa shape index (κ3) is 6.10. The van der Waals surface area contributed by atoms with Gasteiger partial charge in [-0.05, 0) is 51.0 Å². The van der Waals surface area contributed by atoms with Crippen LogP contribution in [-0.4, -0.2) is 52.0 Å². The quantitative estimate of drug-likeness (QED) is 0.278. The molecular weight excluding hydrogens is 532 g/mol. The molecule has 7 heteroatoms. The van der Waals surface area contributed by atoms with Crippen molar-refractivity contribution in [3.05, 3.63) is 111 Å². The summed E-state index contributed by atoms with van der Waals surface area (Å²) < 4.78 is 1.70. The van der Waals surface area contributed by atoms with Gasteiger partial charge in [0.15, 0.2) is 0 Å². The molecule has 5 rings (SSSR count). The number of piperazine rings is 1. The minimum atomic E-state index is -0.216. The van der Waals surface area contributed by atoms with Crippen LogP contribution in [-0.2, 0) is 6.54 Å². The third-order valence-corrected chi connectivity index (χ3v) is 8.42. The first-order valence-electron chi connectivity index (χ1n) is 14.4. The van der Waals surface area contributed by atoms with E-state index in [0.717, 1.165) is 38.2 Å². The Labute approximate surface area is 247 Å². The van der Waals surface area contributed by atoms with E-state index in [0.29, 0.717) is 39.3 Å². The van der Waals surface area contributed by atoms with Crippen molar-refractivity contribution < 1.29 is 4.79 Å². The molecule has 1 aliphatic heterocycles. The predicted molar refractivity (Wildman–Crippen MR) is 168 cm³/mol. The van der Waals surface area contributed by atoms with Gasteiger partial charge in [-0.2, -0.15) is 0 Å². The molecule has 1 aliphatic rings. The number of rotatable bonds is 7. The van der Waals surface area contributed by atoms with Crippen LogP contribution in [0.5, 0.6) is 0 Å². The van der Waals surface area contributed by atoms with Crippen LogP contribution in [0, 0.1) is 0 Å². The van der Waals surface area contributed by atoms with E-state index in [-0.39, 0.29) is 23.0 Å². The van der Waals surface area contributed by atoms with Gasteiger partial charge in [0.1, 0.15) is 0 Å². The van der Waals surface area contributed by atoms with Crippen LogP contribution < -0.4 is 10.9 Å². The lowest BCUT2D eigenvalue weighted by Crippen LogP contribution is -2.53. The summed E-state index contributed by atoms with van der Waals surface area (Å²) in [5, 5.41) is 4.57. The molecule has 1 atom stereocenters. The van der Waals surface area contributed by atoms with Crippen LogP contribution in [0.1, 0.15) is 61.8 Å². The lowest BCUT2D eigenvalue weighted by Gasteiger charge is -2.42. The third-order valence-electron chi connectivity index (χ3n) is 8.11. The number of para-hydroxylation sites is 1. The lowest BCUT2D eigenvalue weighted by atomic mass is 9.99. The summed E-state index contributed by atoms with van der Waals surface area (Å²) >= 11 is 6.67. The van der Waals surface area contributed by atoms with E-state index in [2.05, 4.69) is 42.8 Å². The summed E-state index contributed by atoms with van der Waals surface area (Å²) in [7, 11) is 0. The van der Waals surface area contributed by atoms with Crippen LogP contribution in [0.15, 0.2) is 83.7 Å². The van der Waals surface area contributed by atoms with E-state index in [1.807, 2.05) is 72.8 Å². The fourth-order valence-electron chi connectivity index (χ4n) is 5.83. The number of hydrogen-bond donors (Lipinski definition) is 1. The number of fused-ring (bicyclic) bond motifs is 1. The lowest BCUT2D eigenvalue weighted by molar-refractivity contribution is 0.0581. The highest BCUT2D eigenvalue weighted by Gasteiger charge is 2.30. The smallest absolute Gasteiger partial charge is 0.264 e. The molecule has 0 unspecified atom stereocenters. The average Bonchev–Trinajstić information content (AvgIpc) is 2.96. The number of hydrogen-bond acceptors (Lipinski definition) is 4. The van der Waals surface area contributed by atoms with Crippen LogP contribution in [0.25, 0.3) is 16.5 Å². The number of halogens is 1. The Bertz CT molecular complexity index is 1570. The van der Waals surface area contributed by atoms with Gasteiger partial charge in [0.05, 0.1) is 27.7 Å². The molecule has 4 aromatic rings. The van der Waals surface area contributed by atoms with Gasteiger partial charge >= 0.3 is 0 Å². The van der Waals surface area contributed by atoms with Gasteiger partial charge in [-0.25, -0.2) is 0 Å². The Hall–Kier alpha value is -3.45. The van der Waals surface area contributed by atoms with Gasteiger partial charge < -0.3 is 5.32 Å². The second-order valence-corrected chi connectivity index (χ2v) is 12.1. The SMILES string of the molecule is CC[C@H](NC(=O)c1c(CN2CCN(C(C)(C)C)CC2)n(-c2ccccc2)c(=O)c2c(Cl)cccc12)c1ccccc1. The first-order chi connectivity index (χ1) is 19.7. The number of benzene rings is 3. The number of nitrogens with one attached hydrogen (secondary N) is 1. The Morgan fingerprint density at radius 1 is 0.902 bits per heavy atom. The largest absolute Gasteiger partial charge is 0.345 e. The highest BCUT2D eigenvalue weighted by atomic mass is 35.5. The molecule has 41 heavy (non-hydrogen) atoms. The number of amides is 1. The number of nitrogens with zero attached hydrogens (tertiary/aromatic N) is 3. The Morgan fingerprint density at radius 3 is 2.15 bits per heavy atom. The van der Waals surface area contributed by atoms with Crippen molar-refractivity contribution in [2.75, 3.05) is 26.2 Å². The Balaban J connectivity index is 1.67. The monoisotopic (exact) mass is 570 g/mol. The Morgan fingerprint density at radius 2 is 1.54 bits per heavy atom. The van der Waals surface area contributed by atoms with E-state index >= 15 is 0 Å². The molecule has 1 aromatic heterocycles. The summed E-state index contributed by atoms with van der Waals surface area (Å²) in [6, 6.07) is 24.8. The first-order valence-corrected chi connectivity index (χ1v) is 14.8. The zero-order chi connectivity index (χ0) is 29.1. The van der Waals surface area contributed by atoms with Crippen LogP contribution in [0.4, 0.5) is 0 Å². The molecule has 2 heterocycles. The summed E-state index contributed by atoms with van der Waals surface area (Å²) in [6.45, 7) is 12.8. The molecule has 0 aliphatic carbocycles. The molecule has 0 spiro atoms. The van der Waals surface area contributed by atoms with Crippen LogP contribution in [0.3, 0.4) is 0 Å². The maximum atomic E-state index is 14.4. The number of pyridine rings is 1. The van der Waals surface area contributed by atoms with Crippen molar-refractivity contribution in [2.45, 2.75) is 52.2 Å². The van der Waals surface area contributed by atoms with Gasteiger partial charge in [0.2, 0.25) is 0 Å². The van der Waals surface area contributed by atoms with Crippen molar-refractivity contribution in [3.8, 4) is 5.69 Å². The molecular formula is C34H39ClN4O2. The summed E-state index contributed by atoms with van der Waals surface area (Å²) in [5.41, 5.74) is 2.81. The molecule has 0 radical (unpaired) electrons. The fourth-order valence-corrected chi connectivity index (χ4v) is 6.09. The summed E-state index contributed by atoms with van der Waals surface area (Å²) in [6.07, 6.45) is 0.733. The zero-order valence-corrected chi connectivity index (χ0v) is 25.1. The molecule has 1 saturated heterocycles. The van der Waals surface area contributed by atoms with Gasteiger partial charge in [-0.15, -0.1) is 0 Å². The van der Waals surface area contributed by atoms with Crippen molar-refractivity contribution in [2.24, 2.45) is 0 Å². The minimum absolute atomic E-state index is 0.0928. The van der Waals surface area contributed by atoms with Crippen molar-refractivity contribution in [1.82, 2.24) is 19.7 Å². The molecule has 0 bridgehead atoms. The highest BCUT2D eigenvalue weighted by Crippen LogP contribution is 2.30. The predicted octanol–water partition coefficient (Wildman–Crippen LogP) is 6.44. The molecule has 1 amide bonds. The molecule has 0 saturated carbocycles. The van der Waals surface area contributed by atoms with E-state index in [1.165, 1.54) is 0 Å². The molecule has 1 fully saturated rings. The zero-order valence-electron chi connectivity index (χ0n) is 24.4. The molecule has 6 nitrogen and oxygen atoms in total. The van der Waals surface area contributed by atoms with Gasteiger partial charge in [-0.3, -0.25) is 24.0 Å². The van der Waals surface area contributed by atoms with Crippen LogP contribution >= 0.6 is 11.6 Å². The highest BCUT2D eigenvalue weighted by molar-refractivity contribution is 6.36. The van der Waals surface area contributed by atoms with E-state index < -0.39 is 0 Å². The van der Waals surface area contributed by atoms with E-state index in [1.54, 1.807) is 10.6 Å². The Kier molecular flexibility index (Phi) is 8.64. The topological polar surface area (TPSA) is 57.6 Å². The number of carbonyl (C=O) groups excluding carboxylic acids is 1. The maximum Gasteiger partial charge on any atom is 0.264 e. The fraction of sp³-hybridized carbons (Fsp3) is 0.353. The first kappa shape index (κ1) is 29.1. The maximum absolute atomic E-state index is 14.4. The second kappa shape index (κ2) is 12.2. The van der Waals surface area contributed by atoms with Crippen molar-refractivity contribution >= 4 is 28.3 Å². The summed E-state index contributed by atoms with van der Waals surface area (Å²) in [5.74, 6) is -0.207. The normalized spacial score (nSPS) is 15.6. The molecule has 214 valence electrons. The molecule has 1 N–H and O–H groups in total. The minimum Gasteiger partial charge on any atom is -0.345 e. The van der Waals surface area contributed by atoms with Crippen molar-refractivity contribution in [3.63, 3.8) is 0 Å². The van der Waals surface area contributed by atoms with E-state index in [4.69, 9.17) is 11.6 Å². The second-order valence-electron chi connectivity index (χ2n) is 11.7. The number of carbonyl (C=O) groups is 1. The molecule has 3 aromatic carbocycles. The van der Waals surface area contributed by atoms with Gasteiger partial charge in [-0.1, -0.05) is 79.2 Å². The van der Waals surface area contributed by atoms with Crippen molar-refractivity contribution in [1.29, 1.82) is 0 Å². The van der Waals surface area contributed by atoms with Crippen LogP contribution in [0.2, 0.25) is 5.02 Å². The number of aromatic nitrogens is 1. The average molecular weight is 571 g/mol. The van der Waals surface area contributed by atoms with Gasteiger partial charge in [0.25, 0.3) is 11.5 Å².